The molecule has 1 N–H and O–H groups in total. The highest BCUT2D eigenvalue weighted by atomic mass is 19.4. The first-order valence-corrected chi connectivity index (χ1v) is 5.92. The average Bonchev–Trinajstić information content (AvgIpc) is 2.70. The molecule has 2 aromatic heterocycles. The minimum Gasteiger partial charge on any atom is -0.285 e. The topological polar surface area (TPSA) is 72.2 Å². The maximum absolute atomic E-state index is 12.2. The second kappa shape index (κ2) is 5.06. The van der Waals surface area contributed by atoms with Crippen molar-refractivity contribution in [2.75, 3.05) is 5.32 Å². The van der Waals surface area contributed by atoms with Crippen molar-refractivity contribution in [2.45, 2.75) is 32.9 Å². The van der Waals surface area contributed by atoms with Gasteiger partial charge in [-0.1, -0.05) is 6.92 Å². The van der Waals surface area contributed by atoms with Gasteiger partial charge < -0.3 is 0 Å². The molecule has 2 rings (SSSR count). The van der Waals surface area contributed by atoms with Crippen molar-refractivity contribution >= 4 is 17.5 Å². The number of carbonyl (C=O) groups excluding carboxylic acids is 1. The number of halogens is 3. The number of hydrogen-bond donors (Lipinski definition) is 1. The fourth-order valence-corrected chi connectivity index (χ4v) is 1.69. The van der Waals surface area contributed by atoms with Crippen molar-refractivity contribution in [3.05, 3.63) is 17.6 Å². The second-order valence-corrected chi connectivity index (χ2v) is 4.22. The zero-order valence-electron chi connectivity index (χ0n) is 10.8. The van der Waals surface area contributed by atoms with Crippen LogP contribution >= 0.6 is 0 Å². The molecular weight excluding hydrogens is 275 g/mol. The van der Waals surface area contributed by atoms with E-state index in [1.165, 1.54) is 4.52 Å². The number of rotatable bonds is 3. The fraction of sp³-hybridized carbons (Fsp3) is 0.455. The molecule has 0 radical (unpaired) electrons. The second-order valence-electron chi connectivity index (χ2n) is 4.22. The molecule has 0 aliphatic rings. The van der Waals surface area contributed by atoms with Crippen LogP contribution in [0.15, 0.2) is 6.07 Å². The van der Waals surface area contributed by atoms with Gasteiger partial charge in [-0.2, -0.15) is 22.7 Å². The van der Waals surface area contributed by atoms with Crippen molar-refractivity contribution in [2.24, 2.45) is 0 Å². The van der Waals surface area contributed by atoms with Crippen molar-refractivity contribution < 1.29 is 18.0 Å². The third-order valence-corrected chi connectivity index (χ3v) is 2.48. The predicted octanol–water partition coefficient (Wildman–Crippen LogP) is 1.89. The van der Waals surface area contributed by atoms with Gasteiger partial charge in [0, 0.05) is 18.2 Å². The molecule has 6 nitrogen and oxygen atoms in total. The number of aryl methyl sites for hydroxylation is 2. The lowest BCUT2D eigenvalue weighted by atomic mass is 10.3. The summed E-state index contributed by atoms with van der Waals surface area (Å²) in [5.41, 5.74) is 1.03. The molecule has 2 aromatic rings. The summed E-state index contributed by atoms with van der Waals surface area (Å²) in [7, 11) is 0. The minimum absolute atomic E-state index is 0.346. The van der Waals surface area contributed by atoms with E-state index in [0.29, 0.717) is 23.6 Å². The quantitative estimate of drug-likeness (QED) is 0.935. The molecule has 0 saturated heterocycles. The number of nitrogens with zero attached hydrogens (tertiary/aromatic N) is 4. The molecule has 20 heavy (non-hydrogen) atoms. The molecule has 0 aliphatic carbocycles. The predicted molar refractivity (Wildman–Crippen MR) is 64.2 cm³/mol. The third-order valence-electron chi connectivity index (χ3n) is 2.48. The normalized spacial score (nSPS) is 11.8. The van der Waals surface area contributed by atoms with Gasteiger partial charge in [0.2, 0.25) is 5.95 Å². The summed E-state index contributed by atoms with van der Waals surface area (Å²) < 4.78 is 37.8. The Kier molecular flexibility index (Phi) is 3.60. The smallest absolute Gasteiger partial charge is 0.285 e. The monoisotopic (exact) mass is 287 g/mol. The Bertz CT molecular complexity index is 649. The number of anilines is 1. The summed E-state index contributed by atoms with van der Waals surface area (Å²) in [4.78, 5) is 19.0. The molecule has 0 unspecified atom stereocenters. The Hall–Kier alpha value is -2.19. The van der Waals surface area contributed by atoms with Crippen molar-refractivity contribution in [1.82, 2.24) is 19.6 Å². The van der Waals surface area contributed by atoms with Crippen LogP contribution in [0.5, 0.6) is 0 Å². The van der Waals surface area contributed by atoms with Gasteiger partial charge in [-0.05, 0) is 13.3 Å². The Labute approximate surface area is 112 Å². The highest BCUT2D eigenvalue weighted by molar-refractivity contribution is 5.93. The third kappa shape index (κ3) is 2.86. The molecule has 0 spiro atoms. The lowest BCUT2D eigenvalue weighted by Crippen LogP contribution is -2.30. The number of alkyl halides is 3. The number of aromatic nitrogens is 4. The highest BCUT2D eigenvalue weighted by Gasteiger charge is 2.39. The van der Waals surface area contributed by atoms with Crippen LogP contribution in [0.4, 0.5) is 19.1 Å². The molecule has 1 amide bonds. The molecule has 2 heterocycles. The van der Waals surface area contributed by atoms with Crippen LogP contribution < -0.4 is 5.32 Å². The van der Waals surface area contributed by atoms with E-state index in [1.54, 1.807) is 18.3 Å². The first-order valence-electron chi connectivity index (χ1n) is 5.92. The van der Waals surface area contributed by atoms with Gasteiger partial charge in [0.05, 0.1) is 0 Å². The number of nitrogens with one attached hydrogen (secondary N) is 1. The number of amides is 1. The average molecular weight is 287 g/mol. The summed E-state index contributed by atoms with van der Waals surface area (Å²) >= 11 is 0. The van der Waals surface area contributed by atoms with Crippen LogP contribution in [-0.4, -0.2) is 31.7 Å². The van der Waals surface area contributed by atoms with Crippen LogP contribution in [0.25, 0.3) is 5.65 Å². The first-order chi connectivity index (χ1) is 9.31. The number of fused-ring (bicyclic) bond motifs is 1. The molecule has 0 bridgehead atoms. The molecule has 0 saturated carbocycles. The van der Waals surface area contributed by atoms with Crippen LogP contribution in [0, 0.1) is 6.92 Å². The van der Waals surface area contributed by atoms with E-state index in [2.05, 4.69) is 15.1 Å². The molecular formula is C11H12F3N5O. The van der Waals surface area contributed by atoms with Gasteiger partial charge in [-0.3, -0.25) is 10.1 Å². The first kappa shape index (κ1) is 14.2. The molecule has 0 fully saturated rings. The van der Waals surface area contributed by atoms with Gasteiger partial charge in [0.15, 0.2) is 5.65 Å². The van der Waals surface area contributed by atoms with E-state index in [4.69, 9.17) is 0 Å². The molecule has 9 heteroatoms. The fourth-order valence-electron chi connectivity index (χ4n) is 1.69. The molecule has 108 valence electrons. The Balaban J connectivity index is 2.38. The van der Waals surface area contributed by atoms with E-state index >= 15 is 0 Å². The van der Waals surface area contributed by atoms with E-state index in [-0.39, 0.29) is 0 Å². The molecule has 0 aliphatic heterocycles. The Morgan fingerprint density at radius 1 is 1.40 bits per heavy atom. The van der Waals surface area contributed by atoms with E-state index < -0.39 is 18.0 Å². The van der Waals surface area contributed by atoms with Crippen LogP contribution in [0.1, 0.15) is 24.9 Å². The zero-order chi connectivity index (χ0) is 14.9. The van der Waals surface area contributed by atoms with Gasteiger partial charge in [-0.25, -0.2) is 4.98 Å². The summed E-state index contributed by atoms with van der Waals surface area (Å²) in [5, 5.41) is 5.46. The summed E-state index contributed by atoms with van der Waals surface area (Å²) in [6, 6.07) is 1.58. The van der Waals surface area contributed by atoms with Crippen LogP contribution in [-0.2, 0) is 11.2 Å². The highest BCUT2D eigenvalue weighted by Crippen LogP contribution is 2.17. The van der Waals surface area contributed by atoms with Crippen LogP contribution in [0.2, 0.25) is 0 Å². The van der Waals surface area contributed by atoms with Crippen molar-refractivity contribution in [1.29, 1.82) is 0 Å². The van der Waals surface area contributed by atoms with E-state index in [9.17, 15) is 18.0 Å². The Morgan fingerprint density at radius 3 is 2.70 bits per heavy atom. The maximum Gasteiger partial charge on any atom is 0.471 e. The van der Waals surface area contributed by atoms with Gasteiger partial charge >= 0.3 is 12.1 Å². The largest absolute Gasteiger partial charge is 0.471 e. The SMILES string of the molecule is CCCc1nc(C)cc2nc(NC(=O)C(F)(F)F)nn12. The maximum atomic E-state index is 12.2. The minimum atomic E-state index is -4.97. The lowest BCUT2D eigenvalue weighted by molar-refractivity contribution is -0.167. The molecule has 0 atom stereocenters. The van der Waals surface area contributed by atoms with Crippen molar-refractivity contribution in [3.8, 4) is 0 Å². The van der Waals surface area contributed by atoms with Gasteiger partial charge in [0.1, 0.15) is 5.82 Å². The van der Waals surface area contributed by atoms with E-state index in [1.807, 2.05) is 6.92 Å². The summed E-state index contributed by atoms with van der Waals surface area (Å²) in [6.45, 7) is 3.70. The van der Waals surface area contributed by atoms with E-state index in [0.717, 1.165) is 6.42 Å². The zero-order valence-corrected chi connectivity index (χ0v) is 10.8. The summed E-state index contributed by atoms with van der Waals surface area (Å²) in [6.07, 6.45) is -3.57. The number of hydrogen-bond acceptors (Lipinski definition) is 4. The molecule has 0 aromatic carbocycles. The summed E-state index contributed by atoms with van der Waals surface area (Å²) in [5.74, 6) is -1.91. The van der Waals surface area contributed by atoms with Crippen LogP contribution in [0.3, 0.4) is 0 Å². The standard InChI is InChI=1S/C11H12F3N5O/c1-3-4-7-15-6(2)5-8-16-10(18-19(7)8)17-9(20)11(12,13)14/h5H,3-4H2,1-2H3,(H,17,18,20). The van der Waals surface area contributed by atoms with Gasteiger partial charge in [-0.15, -0.1) is 5.10 Å². The van der Waals surface area contributed by atoms with Gasteiger partial charge in [0.25, 0.3) is 0 Å². The number of carbonyl (C=O) groups is 1. The van der Waals surface area contributed by atoms with Crippen molar-refractivity contribution in [3.63, 3.8) is 0 Å². The Morgan fingerprint density at radius 2 is 2.10 bits per heavy atom. The lowest BCUT2D eigenvalue weighted by Gasteiger charge is -2.03.